The van der Waals surface area contributed by atoms with Crippen LogP contribution in [0.4, 0.5) is 17.6 Å². The Morgan fingerprint density at radius 1 is 1.12 bits per heavy atom. The zero-order chi connectivity index (χ0) is 25.3. The monoisotopic (exact) mass is 516 g/mol. The molecule has 3 aromatic rings. The fraction of sp³-hybridized carbons (Fsp3) is 0.182. The second kappa shape index (κ2) is 9.59. The van der Waals surface area contributed by atoms with E-state index < -0.39 is 43.8 Å². The first-order valence-electron chi connectivity index (χ1n) is 9.49. The maximum absolute atomic E-state index is 13.6. The van der Waals surface area contributed by atoms with Gasteiger partial charge in [-0.1, -0.05) is 11.6 Å². The van der Waals surface area contributed by atoms with E-state index in [-0.39, 0.29) is 23.0 Å². The molecule has 0 fully saturated rings. The molecule has 34 heavy (non-hydrogen) atoms. The molecule has 0 saturated carbocycles. The summed E-state index contributed by atoms with van der Waals surface area (Å²) in [5.74, 6) is -1.32. The molecular weight excluding hydrogens is 500 g/mol. The Hall–Kier alpha value is -3.18. The number of nitrogens with zero attached hydrogens (tertiary/aromatic N) is 1. The molecular formula is C22H17ClF4N2O4S. The van der Waals surface area contributed by atoms with Crippen LogP contribution in [0.5, 0.6) is 5.75 Å². The van der Waals surface area contributed by atoms with E-state index in [0.717, 1.165) is 18.4 Å². The summed E-state index contributed by atoms with van der Waals surface area (Å²) in [5.41, 5.74) is -0.612. The molecule has 0 atom stereocenters. The minimum Gasteiger partial charge on any atom is -0.496 e. The smallest absolute Gasteiger partial charge is 0.416 e. The average Bonchev–Trinajstić information content (AvgIpc) is 2.76. The predicted molar refractivity (Wildman–Crippen MR) is 117 cm³/mol. The van der Waals surface area contributed by atoms with E-state index in [1.54, 1.807) is 6.07 Å². The normalized spacial score (nSPS) is 11.9. The van der Waals surface area contributed by atoms with Crippen molar-refractivity contribution >= 4 is 27.3 Å². The van der Waals surface area contributed by atoms with E-state index >= 15 is 0 Å². The van der Waals surface area contributed by atoms with Crippen LogP contribution >= 0.6 is 11.6 Å². The van der Waals surface area contributed by atoms with Gasteiger partial charge in [0.15, 0.2) is 9.84 Å². The van der Waals surface area contributed by atoms with Crippen LogP contribution in [0.25, 0.3) is 11.1 Å². The topological polar surface area (TPSA) is 85.4 Å². The van der Waals surface area contributed by atoms with Crippen molar-refractivity contribution in [3.8, 4) is 16.9 Å². The summed E-state index contributed by atoms with van der Waals surface area (Å²) < 4.78 is 82.2. The molecule has 3 rings (SSSR count). The van der Waals surface area contributed by atoms with Gasteiger partial charge >= 0.3 is 6.18 Å². The summed E-state index contributed by atoms with van der Waals surface area (Å²) >= 11 is 6.20. The average molecular weight is 517 g/mol. The first kappa shape index (κ1) is 25.4. The number of rotatable bonds is 6. The number of nitrogens with one attached hydrogen (secondary N) is 1. The number of carbonyl (C=O) groups is 1. The van der Waals surface area contributed by atoms with Gasteiger partial charge in [-0.3, -0.25) is 4.79 Å². The lowest BCUT2D eigenvalue weighted by Gasteiger charge is -2.15. The van der Waals surface area contributed by atoms with Gasteiger partial charge in [0.05, 0.1) is 17.6 Å². The molecule has 1 heterocycles. The molecule has 2 aromatic carbocycles. The van der Waals surface area contributed by atoms with Crippen molar-refractivity contribution in [2.24, 2.45) is 0 Å². The van der Waals surface area contributed by atoms with E-state index in [0.29, 0.717) is 23.3 Å². The van der Waals surface area contributed by atoms with Gasteiger partial charge in [-0.05, 0) is 42.0 Å². The highest BCUT2D eigenvalue weighted by atomic mass is 35.5. The predicted octanol–water partition coefficient (Wildman–Crippen LogP) is 4.90. The lowest BCUT2D eigenvalue weighted by atomic mass is 10.0. The first-order chi connectivity index (χ1) is 15.8. The summed E-state index contributed by atoms with van der Waals surface area (Å²) in [5, 5.41) is 2.42. The van der Waals surface area contributed by atoms with Crippen LogP contribution in [0, 0.1) is 5.82 Å². The van der Waals surface area contributed by atoms with Crippen LogP contribution in [0.1, 0.15) is 21.5 Å². The van der Waals surface area contributed by atoms with Crippen molar-refractivity contribution in [1.82, 2.24) is 10.3 Å². The maximum Gasteiger partial charge on any atom is 0.416 e. The SMILES string of the molecule is COc1cc(F)ccc1-c1ccnc(Cl)c1CNC(=O)c1cc(C(F)(F)F)cc(S(C)(=O)=O)c1. The zero-order valence-electron chi connectivity index (χ0n) is 17.7. The molecule has 180 valence electrons. The van der Waals surface area contributed by atoms with Crippen LogP contribution in [0.2, 0.25) is 5.15 Å². The number of ether oxygens (including phenoxy) is 1. The number of methoxy groups -OCH3 is 1. The highest BCUT2D eigenvalue weighted by Gasteiger charge is 2.33. The summed E-state index contributed by atoms with van der Waals surface area (Å²) in [4.78, 5) is 16.0. The number of alkyl halides is 3. The molecule has 0 saturated heterocycles. The number of hydrogen-bond acceptors (Lipinski definition) is 5. The van der Waals surface area contributed by atoms with Crippen molar-refractivity contribution in [2.45, 2.75) is 17.6 Å². The number of amides is 1. The summed E-state index contributed by atoms with van der Waals surface area (Å²) in [7, 11) is -2.68. The Morgan fingerprint density at radius 3 is 2.44 bits per heavy atom. The molecule has 6 nitrogen and oxygen atoms in total. The van der Waals surface area contributed by atoms with Crippen LogP contribution in [-0.2, 0) is 22.6 Å². The molecule has 0 aliphatic heterocycles. The Bertz CT molecular complexity index is 1360. The van der Waals surface area contributed by atoms with Crippen molar-refractivity contribution in [2.75, 3.05) is 13.4 Å². The lowest BCUT2D eigenvalue weighted by Crippen LogP contribution is -2.24. The molecule has 0 radical (unpaired) electrons. The summed E-state index contributed by atoms with van der Waals surface area (Å²) in [6.45, 7) is -0.272. The highest BCUT2D eigenvalue weighted by Crippen LogP contribution is 2.35. The summed E-state index contributed by atoms with van der Waals surface area (Å²) in [6, 6.07) is 7.22. The van der Waals surface area contributed by atoms with Crippen LogP contribution in [-0.4, -0.2) is 32.7 Å². The van der Waals surface area contributed by atoms with Gasteiger partial charge in [-0.15, -0.1) is 0 Å². The molecule has 0 unspecified atom stereocenters. The minimum absolute atomic E-state index is 0.00922. The molecule has 12 heteroatoms. The van der Waals surface area contributed by atoms with Crippen LogP contribution in [0.3, 0.4) is 0 Å². The second-order valence-electron chi connectivity index (χ2n) is 7.17. The van der Waals surface area contributed by atoms with Gasteiger partial charge in [0.1, 0.15) is 16.7 Å². The fourth-order valence-electron chi connectivity index (χ4n) is 3.15. The third-order valence-electron chi connectivity index (χ3n) is 4.81. The number of aromatic nitrogens is 1. The first-order valence-corrected chi connectivity index (χ1v) is 11.8. The Morgan fingerprint density at radius 2 is 1.82 bits per heavy atom. The van der Waals surface area contributed by atoms with Gasteiger partial charge in [0.25, 0.3) is 5.91 Å². The quantitative estimate of drug-likeness (QED) is 0.372. The van der Waals surface area contributed by atoms with Gasteiger partial charge in [-0.2, -0.15) is 13.2 Å². The van der Waals surface area contributed by atoms with E-state index in [1.165, 1.54) is 25.4 Å². The Kier molecular flexibility index (Phi) is 7.18. The Labute approximate surface area is 197 Å². The van der Waals surface area contributed by atoms with Gasteiger partial charge in [0, 0.05) is 41.8 Å². The van der Waals surface area contributed by atoms with E-state index in [2.05, 4.69) is 10.3 Å². The van der Waals surface area contributed by atoms with Crippen molar-refractivity contribution in [1.29, 1.82) is 0 Å². The molecule has 1 aromatic heterocycles. The number of halogens is 5. The third kappa shape index (κ3) is 5.65. The molecule has 1 N–H and O–H groups in total. The van der Waals surface area contributed by atoms with Gasteiger partial charge < -0.3 is 10.1 Å². The third-order valence-corrected chi connectivity index (χ3v) is 6.22. The standard InChI is InChI=1S/C22H17ClF4N2O4S/c1-33-19-10-14(24)3-4-17(19)16-5-6-28-20(23)18(16)11-29-21(30)12-7-13(22(25,26)27)9-15(8-12)34(2,31)32/h3-10H,11H2,1-2H3,(H,29,30). The molecule has 0 aliphatic rings. The molecule has 0 bridgehead atoms. The van der Waals surface area contributed by atoms with E-state index in [9.17, 15) is 30.8 Å². The maximum atomic E-state index is 13.6. The Balaban J connectivity index is 1.98. The number of carbonyl (C=O) groups excluding carboxylic acids is 1. The second-order valence-corrected chi connectivity index (χ2v) is 9.54. The van der Waals surface area contributed by atoms with Crippen LogP contribution in [0.15, 0.2) is 53.6 Å². The number of pyridine rings is 1. The molecule has 0 spiro atoms. The van der Waals surface area contributed by atoms with Crippen molar-refractivity contribution < 1.29 is 35.5 Å². The van der Waals surface area contributed by atoms with Crippen molar-refractivity contribution in [3.63, 3.8) is 0 Å². The number of sulfone groups is 1. The largest absolute Gasteiger partial charge is 0.496 e. The number of benzene rings is 2. The van der Waals surface area contributed by atoms with Gasteiger partial charge in [0.2, 0.25) is 0 Å². The van der Waals surface area contributed by atoms with Gasteiger partial charge in [-0.25, -0.2) is 17.8 Å². The van der Waals surface area contributed by atoms with Crippen LogP contribution < -0.4 is 10.1 Å². The fourth-order valence-corrected chi connectivity index (χ4v) is 4.06. The van der Waals surface area contributed by atoms with E-state index in [4.69, 9.17) is 16.3 Å². The minimum atomic E-state index is -4.87. The molecule has 0 aliphatic carbocycles. The highest BCUT2D eigenvalue weighted by molar-refractivity contribution is 7.90. The lowest BCUT2D eigenvalue weighted by molar-refractivity contribution is -0.137. The van der Waals surface area contributed by atoms with E-state index in [1.807, 2.05) is 0 Å². The molecule has 1 amide bonds. The van der Waals surface area contributed by atoms with Crippen molar-refractivity contribution in [3.05, 3.63) is 76.3 Å². The zero-order valence-corrected chi connectivity index (χ0v) is 19.3. The summed E-state index contributed by atoms with van der Waals surface area (Å²) in [6.07, 6.45) is -2.74. The number of hydrogen-bond donors (Lipinski definition) is 1.